The van der Waals surface area contributed by atoms with Crippen LogP contribution in [0.3, 0.4) is 0 Å². The maximum Gasteiger partial charge on any atom is 0.306 e. The molecule has 1 heterocycles. The Morgan fingerprint density at radius 3 is 2.78 bits per heavy atom. The molecule has 2 N–H and O–H groups in total. The number of carbonyl (C=O) groups is 2. The van der Waals surface area contributed by atoms with Crippen LogP contribution < -0.4 is 4.90 Å². The zero-order valence-electron chi connectivity index (χ0n) is 13.3. The van der Waals surface area contributed by atoms with E-state index in [0.29, 0.717) is 19.4 Å². The lowest BCUT2D eigenvalue weighted by Gasteiger charge is -2.31. The fourth-order valence-corrected chi connectivity index (χ4v) is 3.53. The molecule has 2 atom stereocenters. The number of carboxylic acids is 1. The molecule has 2 unspecified atom stereocenters. The quantitative estimate of drug-likeness (QED) is 0.908. The van der Waals surface area contributed by atoms with Gasteiger partial charge in [-0.05, 0) is 50.5 Å². The molecule has 1 aromatic carbocycles. The minimum Gasteiger partial charge on any atom is -0.481 e. The van der Waals surface area contributed by atoms with Gasteiger partial charge in [0.2, 0.25) is 5.91 Å². The maximum absolute atomic E-state index is 12.9. The molecule has 122 valence electrons. The second-order valence-corrected chi connectivity index (χ2v) is 6.23. The van der Waals surface area contributed by atoms with E-state index in [9.17, 15) is 14.7 Å². The van der Waals surface area contributed by atoms with Gasteiger partial charge in [0, 0.05) is 35.2 Å². The topological polar surface area (TPSA) is 73.4 Å². The molecule has 5 nitrogen and oxygen atoms in total. The van der Waals surface area contributed by atoms with E-state index in [0.717, 1.165) is 29.4 Å². The van der Waals surface area contributed by atoms with Crippen molar-refractivity contribution < 1.29 is 14.7 Å². The molecule has 3 rings (SSSR count). The second-order valence-electron chi connectivity index (χ2n) is 6.23. The molecule has 1 aliphatic rings. The van der Waals surface area contributed by atoms with Gasteiger partial charge in [-0.15, -0.1) is 0 Å². The predicted molar refractivity (Wildman–Crippen MR) is 89.4 cm³/mol. The lowest BCUT2D eigenvalue weighted by Crippen LogP contribution is -2.39. The third-order valence-electron chi connectivity index (χ3n) is 4.80. The number of carboxylic acid groups (broad SMARTS) is 1. The molecule has 2 aromatic rings. The van der Waals surface area contributed by atoms with Crippen LogP contribution in [0, 0.1) is 11.8 Å². The van der Waals surface area contributed by atoms with Crippen LogP contribution in [0.25, 0.3) is 10.9 Å². The third-order valence-corrected chi connectivity index (χ3v) is 4.80. The lowest BCUT2D eigenvalue weighted by molar-refractivity contribution is -0.143. The summed E-state index contributed by atoms with van der Waals surface area (Å²) < 4.78 is 0. The summed E-state index contributed by atoms with van der Waals surface area (Å²) in [6.07, 6.45) is 4.61. The van der Waals surface area contributed by atoms with Crippen LogP contribution in [0.5, 0.6) is 0 Å². The lowest BCUT2D eigenvalue weighted by atomic mass is 9.80. The SMILES string of the molecule is CCN(C(=O)C1CCCC(C(=O)O)C1)c1ccc2[nH]ccc2c1. The van der Waals surface area contributed by atoms with Crippen molar-refractivity contribution in [2.75, 3.05) is 11.4 Å². The molecule has 0 aliphatic heterocycles. The van der Waals surface area contributed by atoms with Gasteiger partial charge in [0.15, 0.2) is 0 Å². The number of anilines is 1. The molecule has 1 aliphatic carbocycles. The van der Waals surface area contributed by atoms with Crippen molar-refractivity contribution in [3.8, 4) is 0 Å². The van der Waals surface area contributed by atoms with Gasteiger partial charge in [-0.3, -0.25) is 9.59 Å². The van der Waals surface area contributed by atoms with E-state index >= 15 is 0 Å². The highest BCUT2D eigenvalue weighted by Gasteiger charge is 2.33. The van der Waals surface area contributed by atoms with Crippen LogP contribution in [0.2, 0.25) is 0 Å². The Balaban J connectivity index is 1.81. The molecular weight excluding hydrogens is 292 g/mol. The molecular formula is C18H22N2O3. The summed E-state index contributed by atoms with van der Waals surface area (Å²) >= 11 is 0. The number of H-pyrrole nitrogens is 1. The van der Waals surface area contributed by atoms with Gasteiger partial charge in [0.1, 0.15) is 0 Å². The minimum absolute atomic E-state index is 0.0494. The Labute approximate surface area is 135 Å². The molecule has 23 heavy (non-hydrogen) atoms. The van der Waals surface area contributed by atoms with Crippen LogP contribution in [-0.2, 0) is 9.59 Å². The maximum atomic E-state index is 12.9. The van der Waals surface area contributed by atoms with Crippen molar-refractivity contribution in [2.24, 2.45) is 11.8 Å². The molecule has 0 spiro atoms. The van der Waals surface area contributed by atoms with Crippen molar-refractivity contribution >= 4 is 28.5 Å². The number of amides is 1. The first-order valence-electron chi connectivity index (χ1n) is 8.21. The monoisotopic (exact) mass is 314 g/mol. The van der Waals surface area contributed by atoms with Crippen LogP contribution in [0.4, 0.5) is 5.69 Å². The van der Waals surface area contributed by atoms with Crippen molar-refractivity contribution in [1.29, 1.82) is 0 Å². The average Bonchev–Trinajstić information content (AvgIpc) is 3.03. The third kappa shape index (κ3) is 3.09. The fourth-order valence-electron chi connectivity index (χ4n) is 3.53. The number of nitrogens with zero attached hydrogens (tertiary/aromatic N) is 1. The number of aromatic nitrogens is 1. The van der Waals surface area contributed by atoms with Gasteiger partial charge in [-0.2, -0.15) is 0 Å². The second kappa shape index (κ2) is 6.44. The van der Waals surface area contributed by atoms with Crippen LogP contribution in [0.1, 0.15) is 32.6 Å². The zero-order chi connectivity index (χ0) is 16.4. The van der Waals surface area contributed by atoms with Crippen molar-refractivity contribution in [2.45, 2.75) is 32.6 Å². The van der Waals surface area contributed by atoms with E-state index in [-0.39, 0.29) is 17.7 Å². The van der Waals surface area contributed by atoms with Gasteiger partial charge in [0.05, 0.1) is 5.92 Å². The van der Waals surface area contributed by atoms with Crippen molar-refractivity contribution in [1.82, 2.24) is 4.98 Å². The zero-order valence-corrected chi connectivity index (χ0v) is 13.3. The van der Waals surface area contributed by atoms with Gasteiger partial charge < -0.3 is 15.0 Å². The van der Waals surface area contributed by atoms with Crippen LogP contribution in [0.15, 0.2) is 30.5 Å². The molecule has 0 saturated heterocycles. The number of carbonyl (C=O) groups excluding carboxylic acids is 1. The van der Waals surface area contributed by atoms with Gasteiger partial charge >= 0.3 is 5.97 Å². The number of nitrogens with one attached hydrogen (secondary N) is 1. The number of benzene rings is 1. The first-order chi connectivity index (χ1) is 11.1. The first-order valence-corrected chi connectivity index (χ1v) is 8.21. The Hall–Kier alpha value is -2.30. The van der Waals surface area contributed by atoms with E-state index in [1.54, 1.807) is 4.90 Å². The summed E-state index contributed by atoms with van der Waals surface area (Å²) in [7, 11) is 0. The summed E-state index contributed by atoms with van der Waals surface area (Å²) in [6, 6.07) is 7.90. The molecule has 1 amide bonds. The first kappa shape index (κ1) is 15.6. The van der Waals surface area contributed by atoms with E-state index in [1.165, 1.54) is 0 Å². The number of aromatic amines is 1. The largest absolute Gasteiger partial charge is 0.481 e. The number of rotatable bonds is 4. The number of hydrogen-bond acceptors (Lipinski definition) is 2. The van der Waals surface area contributed by atoms with Gasteiger partial charge in [0.25, 0.3) is 0 Å². The molecule has 1 aromatic heterocycles. The van der Waals surface area contributed by atoms with E-state index < -0.39 is 5.97 Å². The molecule has 0 radical (unpaired) electrons. The smallest absolute Gasteiger partial charge is 0.306 e. The Kier molecular flexibility index (Phi) is 4.37. The normalized spacial score (nSPS) is 21.3. The number of aliphatic carboxylic acids is 1. The van der Waals surface area contributed by atoms with Crippen molar-refractivity contribution in [3.05, 3.63) is 30.5 Å². The minimum atomic E-state index is -0.778. The van der Waals surface area contributed by atoms with Crippen molar-refractivity contribution in [3.63, 3.8) is 0 Å². The van der Waals surface area contributed by atoms with Gasteiger partial charge in [-0.25, -0.2) is 0 Å². The van der Waals surface area contributed by atoms with Gasteiger partial charge in [-0.1, -0.05) is 6.42 Å². The number of hydrogen-bond donors (Lipinski definition) is 2. The summed E-state index contributed by atoms with van der Waals surface area (Å²) in [5.74, 6) is -1.30. The number of fused-ring (bicyclic) bond motifs is 1. The highest BCUT2D eigenvalue weighted by atomic mass is 16.4. The summed E-state index contributed by atoms with van der Waals surface area (Å²) in [6.45, 7) is 2.54. The van der Waals surface area contributed by atoms with Crippen LogP contribution in [-0.4, -0.2) is 28.5 Å². The summed E-state index contributed by atoms with van der Waals surface area (Å²) in [4.78, 5) is 29.0. The van der Waals surface area contributed by atoms with E-state index in [2.05, 4.69) is 4.98 Å². The van der Waals surface area contributed by atoms with E-state index in [4.69, 9.17) is 0 Å². The summed E-state index contributed by atoms with van der Waals surface area (Å²) in [5, 5.41) is 10.3. The standard InChI is InChI=1S/C18H22N2O3/c1-2-20(15-6-7-16-12(11-15)8-9-19-16)17(21)13-4-3-5-14(10-13)18(22)23/h6-9,11,13-14,19H,2-5,10H2,1H3,(H,22,23). The molecule has 1 fully saturated rings. The molecule has 1 saturated carbocycles. The van der Waals surface area contributed by atoms with Crippen LogP contribution >= 0.6 is 0 Å². The Bertz CT molecular complexity index is 722. The fraction of sp³-hybridized carbons (Fsp3) is 0.444. The molecule has 0 bridgehead atoms. The highest BCUT2D eigenvalue weighted by molar-refractivity contribution is 5.97. The summed E-state index contributed by atoms with van der Waals surface area (Å²) in [5.41, 5.74) is 1.92. The van der Waals surface area contributed by atoms with E-state index in [1.807, 2.05) is 37.4 Å². The molecule has 5 heteroatoms. The highest BCUT2D eigenvalue weighted by Crippen LogP contribution is 2.32. The predicted octanol–water partition coefficient (Wildman–Crippen LogP) is 3.41. The Morgan fingerprint density at radius 1 is 1.26 bits per heavy atom. The Morgan fingerprint density at radius 2 is 2.04 bits per heavy atom. The average molecular weight is 314 g/mol.